The molecule has 0 atom stereocenters. The summed E-state index contributed by atoms with van der Waals surface area (Å²) in [5, 5.41) is 6.67. The molecule has 1 aromatic heterocycles. The molecule has 1 aliphatic rings. The summed E-state index contributed by atoms with van der Waals surface area (Å²) >= 11 is 1.88. The van der Waals surface area contributed by atoms with Crippen molar-refractivity contribution in [2.24, 2.45) is 0 Å². The summed E-state index contributed by atoms with van der Waals surface area (Å²) in [7, 11) is 0. The van der Waals surface area contributed by atoms with Crippen LogP contribution >= 0.6 is 11.8 Å². The third-order valence-electron chi connectivity index (χ3n) is 2.88. The Morgan fingerprint density at radius 3 is 2.61 bits per heavy atom. The standard InChI is InChI=1S/C13H22N4S/c1-3-14-11-9-12(15-7-4-8-18-2)17-13(16-11)10-5-6-10/h9-10H,3-8H2,1-2H3,(H2,14,15,16,17). The lowest BCUT2D eigenvalue weighted by Gasteiger charge is -2.10. The van der Waals surface area contributed by atoms with Gasteiger partial charge >= 0.3 is 0 Å². The molecule has 0 saturated heterocycles. The summed E-state index contributed by atoms with van der Waals surface area (Å²) in [5.74, 6) is 4.69. The number of aromatic nitrogens is 2. The van der Waals surface area contributed by atoms with E-state index in [0.717, 1.165) is 30.5 Å². The third kappa shape index (κ3) is 4.05. The molecule has 1 heterocycles. The first-order valence-corrected chi connectivity index (χ1v) is 8.08. The highest BCUT2D eigenvalue weighted by Gasteiger charge is 2.27. The molecule has 2 rings (SSSR count). The maximum absolute atomic E-state index is 4.61. The van der Waals surface area contributed by atoms with E-state index in [9.17, 15) is 0 Å². The summed E-state index contributed by atoms with van der Waals surface area (Å²) in [4.78, 5) is 9.17. The maximum Gasteiger partial charge on any atom is 0.136 e. The van der Waals surface area contributed by atoms with Gasteiger partial charge in [0.15, 0.2) is 0 Å². The van der Waals surface area contributed by atoms with Crippen molar-refractivity contribution in [3.63, 3.8) is 0 Å². The van der Waals surface area contributed by atoms with Gasteiger partial charge in [0.25, 0.3) is 0 Å². The normalized spacial score (nSPS) is 14.6. The van der Waals surface area contributed by atoms with Crippen LogP contribution in [0.4, 0.5) is 11.6 Å². The van der Waals surface area contributed by atoms with Gasteiger partial charge in [0.1, 0.15) is 17.5 Å². The topological polar surface area (TPSA) is 49.8 Å². The fourth-order valence-corrected chi connectivity index (χ4v) is 2.22. The lowest BCUT2D eigenvalue weighted by Crippen LogP contribution is -2.09. The minimum absolute atomic E-state index is 0.593. The average Bonchev–Trinajstić information content (AvgIpc) is 3.19. The third-order valence-corrected chi connectivity index (χ3v) is 3.57. The van der Waals surface area contributed by atoms with E-state index in [-0.39, 0.29) is 0 Å². The molecule has 1 aliphatic carbocycles. The van der Waals surface area contributed by atoms with Crippen LogP contribution in [0.1, 0.15) is 37.9 Å². The fraction of sp³-hybridized carbons (Fsp3) is 0.692. The largest absolute Gasteiger partial charge is 0.370 e. The molecule has 100 valence electrons. The molecular weight excluding hydrogens is 244 g/mol. The Bertz CT molecular complexity index is 379. The quantitative estimate of drug-likeness (QED) is 0.709. The van der Waals surface area contributed by atoms with Gasteiger partial charge < -0.3 is 10.6 Å². The van der Waals surface area contributed by atoms with Gasteiger partial charge in [-0.1, -0.05) is 0 Å². The Hall–Kier alpha value is -0.970. The van der Waals surface area contributed by atoms with Gasteiger partial charge in [-0.2, -0.15) is 11.8 Å². The Kier molecular flexibility index (Phi) is 5.11. The number of thioether (sulfide) groups is 1. The summed E-state index contributed by atoms with van der Waals surface area (Å²) in [6, 6.07) is 2.01. The SMILES string of the molecule is CCNc1cc(NCCCSC)nc(C2CC2)n1. The number of rotatable bonds is 8. The van der Waals surface area contributed by atoms with Crippen molar-refractivity contribution in [2.75, 3.05) is 35.7 Å². The minimum atomic E-state index is 0.593. The molecule has 0 aliphatic heterocycles. The van der Waals surface area contributed by atoms with Crippen LogP contribution in [0, 0.1) is 0 Å². The lowest BCUT2D eigenvalue weighted by atomic mass is 10.3. The van der Waals surface area contributed by atoms with Crippen LogP contribution in [-0.2, 0) is 0 Å². The van der Waals surface area contributed by atoms with Crippen molar-refractivity contribution < 1.29 is 0 Å². The zero-order chi connectivity index (χ0) is 12.8. The lowest BCUT2D eigenvalue weighted by molar-refractivity contribution is 0.909. The fourth-order valence-electron chi connectivity index (χ4n) is 1.79. The number of hydrogen-bond donors (Lipinski definition) is 2. The van der Waals surface area contributed by atoms with Crippen LogP contribution in [-0.4, -0.2) is 35.1 Å². The van der Waals surface area contributed by atoms with Crippen molar-refractivity contribution in [1.82, 2.24) is 9.97 Å². The van der Waals surface area contributed by atoms with E-state index < -0.39 is 0 Å². The predicted molar refractivity (Wildman–Crippen MR) is 79.7 cm³/mol. The molecule has 0 bridgehead atoms. The van der Waals surface area contributed by atoms with Gasteiger partial charge in [0.2, 0.25) is 0 Å². The maximum atomic E-state index is 4.61. The summed E-state index contributed by atoms with van der Waals surface area (Å²) in [6.07, 6.45) is 5.78. The van der Waals surface area contributed by atoms with Gasteiger partial charge in [-0.3, -0.25) is 0 Å². The van der Waals surface area contributed by atoms with Crippen LogP contribution in [0.25, 0.3) is 0 Å². The van der Waals surface area contributed by atoms with Crippen molar-refractivity contribution in [3.8, 4) is 0 Å². The molecule has 0 radical (unpaired) electrons. The van der Waals surface area contributed by atoms with Crippen LogP contribution in [0.2, 0.25) is 0 Å². The van der Waals surface area contributed by atoms with Crippen molar-refractivity contribution in [2.45, 2.75) is 32.1 Å². The monoisotopic (exact) mass is 266 g/mol. The first-order chi connectivity index (χ1) is 8.83. The molecule has 1 saturated carbocycles. The van der Waals surface area contributed by atoms with E-state index in [1.807, 2.05) is 17.8 Å². The second-order valence-electron chi connectivity index (χ2n) is 4.57. The second-order valence-corrected chi connectivity index (χ2v) is 5.56. The minimum Gasteiger partial charge on any atom is -0.370 e. The Morgan fingerprint density at radius 2 is 2.00 bits per heavy atom. The highest BCUT2D eigenvalue weighted by molar-refractivity contribution is 7.98. The molecule has 5 heteroatoms. The van der Waals surface area contributed by atoms with Gasteiger partial charge in [-0.05, 0) is 38.2 Å². The molecule has 1 fully saturated rings. The zero-order valence-electron chi connectivity index (χ0n) is 11.2. The Labute approximate surface area is 113 Å². The summed E-state index contributed by atoms with van der Waals surface area (Å²) < 4.78 is 0. The number of nitrogens with zero attached hydrogens (tertiary/aromatic N) is 2. The van der Waals surface area contributed by atoms with E-state index in [2.05, 4.69) is 33.8 Å². The molecule has 0 aromatic carbocycles. The molecular formula is C13H22N4S. The van der Waals surface area contributed by atoms with Gasteiger partial charge in [-0.25, -0.2) is 9.97 Å². The Morgan fingerprint density at radius 1 is 1.28 bits per heavy atom. The van der Waals surface area contributed by atoms with Gasteiger partial charge in [0.05, 0.1) is 0 Å². The van der Waals surface area contributed by atoms with Crippen LogP contribution in [0.3, 0.4) is 0 Å². The van der Waals surface area contributed by atoms with Crippen molar-refractivity contribution in [1.29, 1.82) is 0 Å². The highest BCUT2D eigenvalue weighted by atomic mass is 32.2. The number of hydrogen-bond acceptors (Lipinski definition) is 5. The van der Waals surface area contributed by atoms with E-state index in [0.29, 0.717) is 5.92 Å². The summed E-state index contributed by atoms with van der Waals surface area (Å²) in [6.45, 7) is 3.96. The molecule has 0 spiro atoms. The van der Waals surface area contributed by atoms with Crippen LogP contribution in [0.5, 0.6) is 0 Å². The number of nitrogens with one attached hydrogen (secondary N) is 2. The molecule has 1 aromatic rings. The Balaban J connectivity index is 1.98. The first-order valence-electron chi connectivity index (χ1n) is 6.69. The number of anilines is 2. The van der Waals surface area contributed by atoms with Crippen LogP contribution in [0.15, 0.2) is 6.07 Å². The second kappa shape index (κ2) is 6.83. The van der Waals surface area contributed by atoms with Crippen LogP contribution < -0.4 is 10.6 Å². The van der Waals surface area contributed by atoms with Gasteiger partial charge in [-0.15, -0.1) is 0 Å². The molecule has 0 unspecified atom stereocenters. The molecule has 0 amide bonds. The summed E-state index contributed by atoms with van der Waals surface area (Å²) in [5.41, 5.74) is 0. The van der Waals surface area contributed by atoms with E-state index in [1.54, 1.807) is 0 Å². The molecule has 2 N–H and O–H groups in total. The molecule has 18 heavy (non-hydrogen) atoms. The smallest absolute Gasteiger partial charge is 0.136 e. The van der Waals surface area contributed by atoms with E-state index in [1.165, 1.54) is 25.0 Å². The average molecular weight is 266 g/mol. The van der Waals surface area contributed by atoms with E-state index >= 15 is 0 Å². The molecule has 4 nitrogen and oxygen atoms in total. The van der Waals surface area contributed by atoms with Gasteiger partial charge in [0, 0.05) is 25.1 Å². The first kappa shape index (κ1) is 13.5. The van der Waals surface area contributed by atoms with Crippen molar-refractivity contribution in [3.05, 3.63) is 11.9 Å². The van der Waals surface area contributed by atoms with Crippen molar-refractivity contribution >= 4 is 23.4 Å². The predicted octanol–water partition coefficient (Wildman–Crippen LogP) is 2.95. The van der Waals surface area contributed by atoms with E-state index in [4.69, 9.17) is 0 Å². The highest BCUT2D eigenvalue weighted by Crippen LogP contribution is 2.38. The zero-order valence-corrected chi connectivity index (χ0v) is 12.0.